The monoisotopic (exact) mass is 326 g/mol. The Labute approximate surface area is 138 Å². The SMILES string of the molecule is CSC1(CNC(=O)N2CCC3(CCCC3)CC2)CCOCC1. The maximum Gasteiger partial charge on any atom is 0.317 e. The molecule has 0 aromatic rings. The number of rotatable bonds is 3. The number of piperidine rings is 1. The number of nitrogens with zero attached hydrogens (tertiary/aromatic N) is 1. The maximum atomic E-state index is 12.5. The summed E-state index contributed by atoms with van der Waals surface area (Å²) in [6.45, 7) is 4.31. The van der Waals surface area contributed by atoms with Crippen LogP contribution in [0, 0.1) is 5.41 Å². The van der Waals surface area contributed by atoms with Gasteiger partial charge in [-0.05, 0) is 50.2 Å². The van der Waals surface area contributed by atoms with Crippen molar-refractivity contribution in [2.45, 2.75) is 56.1 Å². The molecule has 3 aliphatic rings. The van der Waals surface area contributed by atoms with E-state index in [2.05, 4.69) is 11.6 Å². The van der Waals surface area contributed by atoms with E-state index < -0.39 is 0 Å². The van der Waals surface area contributed by atoms with Crippen LogP contribution in [0.3, 0.4) is 0 Å². The van der Waals surface area contributed by atoms with Crippen LogP contribution in [0.5, 0.6) is 0 Å². The summed E-state index contributed by atoms with van der Waals surface area (Å²) in [6.07, 6.45) is 12.2. The molecule has 2 aliphatic heterocycles. The Morgan fingerprint density at radius 3 is 2.32 bits per heavy atom. The Hall–Kier alpha value is -0.420. The molecular weight excluding hydrogens is 296 g/mol. The number of likely N-dealkylation sites (tertiary alicyclic amines) is 1. The first-order chi connectivity index (χ1) is 10.7. The van der Waals surface area contributed by atoms with E-state index in [1.165, 1.54) is 38.5 Å². The van der Waals surface area contributed by atoms with Crippen molar-refractivity contribution in [2.75, 3.05) is 39.1 Å². The zero-order valence-corrected chi connectivity index (χ0v) is 14.7. The highest BCUT2D eigenvalue weighted by Gasteiger charge is 2.38. The van der Waals surface area contributed by atoms with E-state index in [0.29, 0.717) is 5.41 Å². The zero-order chi connectivity index (χ0) is 15.5. The fourth-order valence-electron chi connectivity index (χ4n) is 4.35. The third kappa shape index (κ3) is 3.56. The largest absolute Gasteiger partial charge is 0.381 e. The van der Waals surface area contributed by atoms with Crippen LogP contribution in [-0.2, 0) is 4.74 Å². The molecule has 3 rings (SSSR count). The average Bonchev–Trinajstić information content (AvgIpc) is 3.02. The van der Waals surface area contributed by atoms with Crippen molar-refractivity contribution in [1.29, 1.82) is 0 Å². The summed E-state index contributed by atoms with van der Waals surface area (Å²) < 4.78 is 5.64. The van der Waals surface area contributed by atoms with Crippen molar-refractivity contribution in [3.05, 3.63) is 0 Å². The lowest BCUT2D eigenvalue weighted by molar-refractivity contribution is 0.0762. The second-order valence-electron chi connectivity index (χ2n) is 7.35. The summed E-state index contributed by atoms with van der Waals surface area (Å²) in [6, 6.07) is 0.146. The van der Waals surface area contributed by atoms with E-state index >= 15 is 0 Å². The topological polar surface area (TPSA) is 41.6 Å². The van der Waals surface area contributed by atoms with Crippen molar-refractivity contribution in [1.82, 2.24) is 10.2 Å². The molecule has 1 saturated carbocycles. The maximum absolute atomic E-state index is 12.5. The molecule has 0 aromatic carbocycles. The molecule has 0 radical (unpaired) electrons. The highest BCUT2D eigenvalue weighted by atomic mass is 32.2. The number of hydrogen-bond acceptors (Lipinski definition) is 3. The van der Waals surface area contributed by atoms with Gasteiger partial charge in [0, 0.05) is 37.6 Å². The van der Waals surface area contributed by atoms with Crippen molar-refractivity contribution in [3.8, 4) is 0 Å². The molecule has 2 saturated heterocycles. The summed E-state index contributed by atoms with van der Waals surface area (Å²) >= 11 is 1.88. The lowest BCUT2D eigenvalue weighted by Crippen LogP contribution is -2.51. The Kier molecular flexibility index (Phi) is 5.23. The molecule has 2 amide bonds. The molecule has 5 heteroatoms. The molecule has 4 nitrogen and oxygen atoms in total. The van der Waals surface area contributed by atoms with Gasteiger partial charge in [-0.3, -0.25) is 0 Å². The third-order valence-electron chi connectivity index (χ3n) is 6.17. The van der Waals surface area contributed by atoms with Gasteiger partial charge in [0.05, 0.1) is 0 Å². The normalized spacial score (nSPS) is 27.0. The van der Waals surface area contributed by atoms with Crippen LogP contribution in [0.15, 0.2) is 0 Å². The van der Waals surface area contributed by atoms with Crippen LogP contribution >= 0.6 is 11.8 Å². The molecule has 3 fully saturated rings. The minimum absolute atomic E-state index is 0.146. The minimum Gasteiger partial charge on any atom is -0.381 e. The van der Waals surface area contributed by atoms with Gasteiger partial charge in [-0.15, -0.1) is 0 Å². The summed E-state index contributed by atoms with van der Waals surface area (Å²) in [5, 5.41) is 3.20. The first-order valence-electron chi connectivity index (χ1n) is 8.83. The molecule has 0 atom stereocenters. The molecule has 1 aliphatic carbocycles. The quantitative estimate of drug-likeness (QED) is 0.865. The third-order valence-corrected chi connectivity index (χ3v) is 7.59. The number of urea groups is 1. The molecular formula is C17H30N2O2S. The number of carbonyl (C=O) groups excluding carboxylic acids is 1. The van der Waals surface area contributed by atoms with Gasteiger partial charge in [0.15, 0.2) is 0 Å². The molecule has 0 bridgehead atoms. The van der Waals surface area contributed by atoms with Crippen LogP contribution in [0.1, 0.15) is 51.4 Å². The zero-order valence-electron chi connectivity index (χ0n) is 13.9. The lowest BCUT2D eigenvalue weighted by atomic mass is 9.77. The van der Waals surface area contributed by atoms with Gasteiger partial charge in [0.2, 0.25) is 0 Å². The van der Waals surface area contributed by atoms with Gasteiger partial charge < -0.3 is 15.0 Å². The van der Waals surface area contributed by atoms with E-state index in [1.54, 1.807) is 0 Å². The van der Waals surface area contributed by atoms with Crippen LogP contribution < -0.4 is 5.32 Å². The summed E-state index contributed by atoms with van der Waals surface area (Å²) in [5.74, 6) is 0. The predicted molar refractivity (Wildman–Crippen MR) is 91.4 cm³/mol. The van der Waals surface area contributed by atoms with Crippen LogP contribution in [-0.4, -0.2) is 54.8 Å². The first-order valence-corrected chi connectivity index (χ1v) is 10.1. The van der Waals surface area contributed by atoms with Crippen molar-refractivity contribution < 1.29 is 9.53 Å². The second-order valence-corrected chi connectivity index (χ2v) is 8.63. The Balaban J connectivity index is 1.46. The lowest BCUT2D eigenvalue weighted by Gasteiger charge is -2.40. The summed E-state index contributed by atoms with van der Waals surface area (Å²) in [7, 11) is 0. The molecule has 1 N–H and O–H groups in total. The van der Waals surface area contributed by atoms with Gasteiger partial charge in [-0.1, -0.05) is 12.8 Å². The van der Waals surface area contributed by atoms with Crippen molar-refractivity contribution in [2.24, 2.45) is 5.41 Å². The van der Waals surface area contributed by atoms with Gasteiger partial charge >= 0.3 is 6.03 Å². The number of ether oxygens (including phenoxy) is 1. The molecule has 22 heavy (non-hydrogen) atoms. The molecule has 0 unspecified atom stereocenters. The van der Waals surface area contributed by atoms with Crippen LogP contribution in [0.2, 0.25) is 0 Å². The number of hydrogen-bond donors (Lipinski definition) is 1. The van der Waals surface area contributed by atoms with Gasteiger partial charge in [0.1, 0.15) is 0 Å². The van der Waals surface area contributed by atoms with Crippen molar-refractivity contribution >= 4 is 17.8 Å². The van der Waals surface area contributed by atoms with E-state index in [1.807, 2.05) is 16.7 Å². The summed E-state index contributed by atoms with van der Waals surface area (Å²) in [4.78, 5) is 14.5. The van der Waals surface area contributed by atoms with Gasteiger partial charge in [-0.25, -0.2) is 4.79 Å². The molecule has 1 spiro atoms. The molecule has 126 valence electrons. The van der Waals surface area contributed by atoms with Crippen LogP contribution in [0.4, 0.5) is 4.79 Å². The number of thioether (sulfide) groups is 1. The number of nitrogens with one attached hydrogen (secondary N) is 1. The standard InChI is InChI=1S/C17H30N2O2S/c1-22-17(8-12-21-13-9-17)14-18-15(20)19-10-6-16(7-11-19)4-2-3-5-16/h2-14H2,1H3,(H,18,20). The average molecular weight is 327 g/mol. The highest BCUT2D eigenvalue weighted by Crippen LogP contribution is 2.46. The van der Waals surface area contributed by atoms with E-state index in [9.17, 15) is 4.79 Å². The smallest absolute Gasteiger partial charge is 0.317 e. The summed E-state index contributed by atoms with van der Waals surface area (Å²) in [5.41, 5.74) is 0.581. The fraction of sp³-hybridized carbons (Fsp3) is 0.941. The van der Waals surface area contributed by atoms with E-state index in [4.69, 9.17) is 4.74 Å². The van der Waals surface area contributed by atoms with Crippen molar-refractivity contribution in [3.63, 3.8) is 0 Å². The minimum atomic E-state index is 0.146. The van der Waals surface area contributed by atoms with E-state index in [-0.39, 0.29) is 10.8 Å². The van der Waals surface area contributed by atoms with E-state index in [0.717, 1.165) is 45.7 Å². The fourth-order valence-corrected chi connectivity index (χ4v) is 5.15. The predicted octanol–water partition coefficient (Wildman–Crippen LogP) is 3.26. The number of carbonyl (C=O) groups is 1. The van der Waals surface area contributed by atoms with Crippen LogP contribution in [0.25, 0.3) is 0 Å². The number of amides is 2. The highest BCUT2D eigenvalue weighted by molar-refractivity contribution is 8.00. The van der Waals surface area contributed by atoms with Gasteiger partial charge in [0.25, 0.3) is 0 Å². The molecule has 0 aromatic heterocycles. The second kappa shape index (κ2) is 7.00. The van der Waals surface area contributed by atoms with Gasteiger partial charge in [-0.2, -0.15) is 11.8 Å². The first kappa shape index (κ1) is 16.4. The molecule has 2 heterocycles. The Bertz CT molecular complexity index is 380. The Morgan fingerprint density at radius 2 is 1.73 bits per heavy atom. The Morgan fingerprint density at radius 1 is 1.09 bits per heavy atom.